The average molecular weight is 330 g/mol. The fourth-order valence-electron chi connectivity index (χ4n) is 1.67. The fraction of sp³-hybridized carbons (Fsp3) is 0.273. The lowest BCUT2D eigenvalue weighted by molar-refractivity contribution is 0.689. The zero-order valence-electron chi connectivity index (χ0n) is 9.71. The van der Waals surface area contributed by atoms with E-state index in [0.717, 1.165) is 10.0 Å². The van der Waals surface area contributed by atoms with Gasteiger partial charge in [0.25, 0.3) is 0 Å². The SMILES string of the molecule is C[C@H](P)NCc1cc(Br)cc2[nH]c(=O)c(=O)[nH]c12. The van der Waals surface area contributed by atoms with Gasteiger partial charge in [0.15, 0.2) is 0 Å². The van der Waals surface area contributed by atoms with E-state index in [1.807, 2.05) is 13.0 Å². The van der Waals surface area contributed by atoms with Crippen molar-refractivity contribution in [2.45, 2.75) is 19.3 Å². The molecule has 0 saturated heterocycles. The summed E-state index contributed by atoms with van der Waals surface area (Å²) in [7, 11) is 2.64. The fourth-order valence-corrected chi connectivity index (χ4v) is 2.29. The second kappa shape index (κ2) is 5.34. The standard InChI is InChI=1S/C11H13BrN3O2P/c1-5(18)13-4-6-2-7(12)3-8-9(6)15-11(17)10(16)14-8/h2-3,5,13H,4,18H2,1H3,(H,14,16)(H,15,17)/t5-/m0/s1. The number of halogens is 1. The first-order valence-corrected chi connectivity index (χ1v) is 6.87. The van der Waals surface area contributed by atoms with Crippen LogP contribution in [0.25, 0.3) is 11.0 Å². The summed E-state index contributed by atoms with van der Waals surface area (Å²) in [5.41, 5.74) is 0.911. The van der Waals surface area contributed by atoms with Crippen LogP contribution in [-0.4, -0.2) is 15.8 Å². The van der Waals surface area contributed by atoms with E-state index in [1.165, 1.54) is 0 Å². The van der Waals surface area contributed by atoms with E-state index in [9.17, 15) is 9.59 Å². The van der Waals surface area contributed by atoms with Crippen LogP contribution in [0.2, 0.25) is 0 Å². The molecular formula is C11H13BrN3O2P. The van der Waals surface area contributed by atoms with Gasteiger partial charge in [0.1, 0.15) is 0 Å². The molecule has 18 heavy (non-hydrogen) atoms. The number of fused-ring (bicyclic) bond motifs is 1. The number of nitrogens with one attached hydrogen (secondary N) is 3. The normalized spacial score (nSPS) is 12.8. The highest BCUT2D eigenvalue weighted by Crippen LogP contribution is 2.20. The smallest absolute Gasteiger partial charge is 0.314 e. The Labute approximate surface area is 114 Å². The highest BCUT2D eigenvalue weighted by Gasteiger charge is 2.07. The topological polar surface area (TPSA) is 77.8 Å². The summed E-state index contributed by atoms with van der Waals surface area (Å²) in [6.45, 7) is 2.61. The molecule has 0 bridgehead atoms. The predicted octanol–water partition coefficient (Wildman–Crippen LogP) is 1.29. The van der Waals surface area contributed by atoms with Crippen molar-refractivity contribution in [3.8, 4) is 0 Å². The van der Waals surface area contributed by atoms with Gasteiger partial charge in [-0.05, 0) is 24.6 Å². The monoisotopic (exact) mass is 329 g/mol. The van der Waals surface area contributed by atoms with Crippen LogP contribution < -0.4 is 16.4 Å². The first-order valence-electron chi connectivity index (χ1n) is 5.41. The number of hydrogen-bond acceptors (Lipinski definition) is 3. The second-order valence-corrected chi connectivity index (χ2v) is 5.98. The highest BCUT2D eigenvalue weighted by atomic mass is 79.9. The lowest BCUT2D eigenvalue weighted by Gasteiger charge is -2.10. The third-order valence-corrected chi connectivity index (χ3v) is 3.19. The Kier molecular flexibility index (Phi) is 4.00. The molecule has 2 atom stereocenters. The van der Waals surface area contributed by atoms with E-state index in [2.05, 4.69) is 40.5 Å². The molecule has 96 valence electrons. The molecule has 0 aliphatic heterocycles. The van der Waals surface area contributed by atoms with E-state index in [4.69, 9.17) is 0 Å². The van der Waals surface area contributed by atoms with Crippen molar-refractivity contribution >= 4 is 36.2 Å². The minimum Gasteiger partial charge on any atom is -0.316 e. The van der Waals surface area contributed by atoms with Gasteiger partial charge < -0.3 is 15.3 Å². The van der Waals surface area contributed by atoms with E-state index >= 15 is 0 Å². The van der Waals surface area contributed by atoms with Crippen molar-refractivity contribution < 1.29 is 0 Å². The number of benzene rings is 1. The van der Waals surface area contributed by atoms with E-state index in [0.29, 0.717) is 17.6 Å². The Balaban J connectivity index is 2.60. The zero-order valence-corrected chi connectivity index (χ0v) is 12.5. The van der Waals surface area contributed by atoms with Gasteiger partial charge in [0.2, 0.25) is 0 Å². The molecule has 1 unspecified atom stereocenters. The van der Waals surface area contributed by atoms with Crippen molar-refractivity contribution in [1.82, 2.24) is 15.3 Å². The molecule has 0 spiro atoms. The molecular weight excluding hydrogens is 317 g/mol. The molecule has 0 aliphatic rings. The molecule has 0 aliphatic carbocycles. The molecule has 5 nitrogen and oxygen atoms in total. The Morgan fingerprint density at radius 1 is 1.33 bits per heavy atom. The molecule has 0 radical (unpaired) electrons. The maximum absolute atomic E-state index is 11.4. The summed E-state index contributed by atoms with van der Waals surface area (Å²) in [5.74, 6) is 0.258. The molecule has 1 aromatic heterocycles. The minimum atomic E-state index is -0.640. The van der Waals surface area contributed by atoms with Gasteiger partial charge in [0.05, 0.1) is 11.0 Å². The summed E-state index contributed by atoms with van der Waals surface area (Å²) < 4.78 is 0.853. The van der Waals surface area contributed by atoms with Crippen LogP contribution >= 0.6 is 25.2 Å². The van der Waals surface area contributed by atoms with Crippen molar-refractivity contribution in [2.75, 3.05) is 0 Å². The lowest BCUT2D eigenvalue weighted by Crippen LogP contribution is -2.29. The average Bonchev–Trinajstić information content (AvgIpc) is 2.28. The number of H-pyrrole nitrogens is 2. The van der Waals surface area contributed by atoms with Crippen LogP contribution in [0.3, 0.4) is 0 Å². The molecule has 3 N–H and O–H groups in total. The highest BCUT2D eigenvalue weighted by molar-refractivity contribution is 9.10. The van der Waals surface area contributed by atoms with Gasteiger partial charge in [-0.1, -0.05) is 15.9 Å². The number of aromatic amines is 2. The molecule has 1 aromatic carbocycles. The number of aromatic nitrogens is 2. The largest absolute Gasteiger partial charge is 0.316 e. The quantitative estimate of drug-likeness (QED) is 0.586. The molecule has 7 heteroatoms. The van der Waals surface area contributed by atoms with Crippen molar-refractivity contribution in [3.05, 3.63) is 42.9 Å². The van der Waals surface area contributed by atoms with Crippen molar-refractivity contribution in [3.63, 3.8) is 0 Å². The zero-order chi connectivity index (χ0) is 13.3. The Hall–Kier alpha value is -0.970. The van der Waals surface area contributed by atoms with Gasteiger partial charge in [-0.15, -0.1) is 9.24 Å². The van der Waals surface area contributed by atoms with Crippen LogP contribution in [0.15, 0.2) is 26.2 Å². The number of rotatable bonds is 3. The van der Waals surface area contributed by atoms with E-state index in [1.54, 1.807) is 6.07 Å². The van der Waals surface area contributed by atoms with Gasteiger partial charge >= 0.3 is 11.1 Å². The summed E-state index contributed by atoms with van der Waals surface area (Å²) in [4.78, 5) is 27.8. The van der Waals surface area contributed by atoms with Gasteiger partial charge in [-0.3, -0.25) is 9.59 Å². The van der Waals surface area contributed by atoms with Crippen LogP contribution in [0.4, 0.5) is 0 Å². The molecule has 2 rings (SSSR count). The first-order chi connectivity index (χ1) is 8.47. The van der Waals surface area contributed by atoms with E-state index < -0.39 is 11.1 Å². The molecule has 0 amide bonds. The van der Waals surface area contributed by atoms with Crippen molar-refractivity contribution in [2.24, 2.45) is 0 Å². The number of hydrogen-bond donors (Lipinski definition) is 3. The molecule has 0 saturated carbocycles. The maximum atomic E-state index is 11.4. The van der Waals surface area contributed by atoms with Gasteiger partial charge in [-0.2, -0.15) is 0 Å². The van der Waals surface area contributed by atoms with Crippen LogP contribution in [0.5, 0.6) is 0 Å². The van der Waals surface area contributed by atoms with E-state index in [-0.39, 0.29) is 5.78 Å². The minimum absolute atomic E-state index is 0.258. The van der Waals surface area contributed by atoms with Crippen LogP contribution in [0, 0.1) is 0 Å². The van der Waals surface area contributed by atoms with Gasteiger partial charge in [0, 0.05) is 16.8 Å². The Morgan fingerprint density at radius 3 is 2.67 bits per heavy atom. The predicted molar refractivity (Wildman–Crippen MR) is 78.9 cm³/mol. The molecule has 2 aromatic rings. The second-order valence-electron chi connectivity index (χ2n) is 4.07. The summed E-state index contributed by atoms with van der Waals surface area (Å²) in [6, 6.07) is 3.68. The maximum Gasteiger partial charge on any atom is 0.314 e. The lowest BCUT2D eigenvalue weighted by atomic mass is 10.1. The molecule has 1 heterocycles. The molecule has 0 fully saturated rings. The van der Waals surface area contributed by atoms with Gasteiger partial charge in [-0.25, -0.2) is 0 Å². The summed E-state index contributed by atoms with van der Waals surface area (Å²) in [6.07, 6.45) is 0. The van der Waals surface area contributed by atoms with Crippen molar-refractivity contribution in [1.29, 1.82) is 0 Å². The first kappa shape index (κ1) is 13.5. The Morgan fingerprint density at radius 2 is 2.00 bits per heavy atom. The third-order valence-electron chi connectivity index (χ3n) is 2.49. The summed E-state index contributed by atoms with van der Waals surface area (Å²) in [5, 5.41) is 3.24. The van der Waals surface area contributed by atoms with Crippen LogP contribution in [-0.2, 0) is 6.54 Å². The third kappa shape index (κ3) is 2.88. The Bertz CT molecular complexity index is 693. The summed E-state index contributed by atoms with van der Waals surface area (Å²) >= 11 is 3.39. The van der Waals surface area contributed by atoms with Crippen LogP contribution in [0.1, 0.15) is 12.5 Å².